The first-order valence-corrected chi connectivity index (χ1v) is 7.15. The number of hydrogen-bond donors (Lipinski definition) is 1. The van der Waals surface area contributed by atoms with E-state index in [2.05, 4.69) is 18.7 Å². The quantitative estimate of drug-likeness (QED) is 0.744. The molecule has 1 rings (SSSR count). The Balaban J connectivity index is 2.36. The fourth-order valence-corrected chi connectivity index (χ4v) is 2.66. The van der Waals surface area contributed by atoms with E-state index in [1.807, 2.05) is 0 Å². The molecule has 1 aliphatic rings. The maximum Gasteiger partial charge on any atom is 0.0589 e. The first-order valence-electron chi connectivity index (χ1n) is 7.15. The van der Waals surface area contributed by atoms with Crippen LogP contribution in [-0.2, 0) is 4.74 Å². The van der Waals surface area contributed by atoms with Crippen LogP contribution in [0.15, 0.2) is 0 Å². The van der Waals surface area contributed by atoms with E-state index in [1.165, 1.54) is 38.6 Å². The van der Waals surface area contributed by atoms with Crippen molar-refractivity contribution in [3.05, 3.63) is 0 Å². The summed E-state index contributed by atoms with van der Waals surface area (Å²) in [4.78, 5) is 2.59. The van der Waals surface area contributed by atoms with Crippen molar-refractivity contribution in [1.82, 2.24) is 4.90 Å². The second-order valence-corrected chi connectivity index (χ2v) is 5.53. The van der Waals surface area contributed by atoms with Crippen LogP contribution in [0.1, 0.15) is 46.0 Å². The minimum absolute atomic E-state index is 0.460. The molecule has 0 heterocycles. The Morgan fingerprint density at radius 2 is 1.94 bits per heavy atom. The molecule has 1 atom stereocenters. The molecule has 2 N–H and O–H groups in total. The van der Waals surface area contributed by atoms with E-state index in [-0.39, 0.29) is 0 Å². The summed E-state index contributed by atoms with van der Waals surface area (Å²) >= 11 is 0. The van der Waals surface area contributed by atoms with Gasteiger partial charge in [0.15, 0.2) is 0 Å². The maximum atomic E-state index is 5.96. The predicted molar refractivity (Wildman–Crippen MR) is 73.1 cm³/mol. The first-order chi connectivity index (χ1) is 8.17. The summed E-state index contributed by atoms with van der Waals surface area (Å²) in [5.74, 6) is 0.848. The van der Waals surface area contributed by atoms with Crippen LogP contribution in [0.25, 0.3) is 0 Å². The van der Waals surface area contributed by atoms with Gasteiger partial charge in [-0.1, -0.05) is 6.92 Å². The number of nitrogens with two attached hydrogens (primary N) is 1. The normalized spacial score (nSPS) is 27.4. The van der Waals surface area contributed by atoms with Crippen LogP contribution in [0.3, 0.4) is 0 Å². The maximum absolute atomic E-state index is 5.96. The molecular weight excluding hydrogens is 212 g/mol. The van der Waals surface area contributed by atoms with Crippen molar-refractivity contribution in [2.24, 2.45) is 11.7 Å². The Morgan fingerprint density at radius 3 is 2.47 bits per heavy atom. The first kappa shape index (κ1) is 14.9. The van der Waals surface area contributed by atoms with Crippen LogP contribution in [0.4, 0.5) is 0 Å². The summed E-state index contributed by atoms with van der Waals surface area (Å²) in [6.07, 6.45) is 6.25. The van der Waals surface area contributed by atoms with Gasteiger partial charge in [0.1, 0.15) is 0 Å². The van der Waals surface area contributed by atoms with Crippen molar-refractivity contribution in [1.29, 1.82) is 0 Å². The third-order valence-electron chi connectivity index (χ3n) is 4.18. The molecule has 0 aromatic heterocycles. The number of nitrogens with zero attached hydrogens (tertiary/aromatic N) is 1. The second kappa shape index (κ2) is 8.06. The Hall–Kier alpha value is -0.120. The van der Waals surface area contributed by atoms with Gasteiger partial charge in [0.05, 0.1) is 6.61 Å². The van der Waals surface area contributed by atoms with Gasteiger partial charge in [0.2, 0.25) is 0 Å². The van der Waals surface area contributed by atoms with Crippen LogP contribution in [0, 0.1) is 5.92 Å². The molecule has 1 fully saturated rings. The van der Waals surface area contributed by atoms with Gasteiger partial charge in [-0.3, -0.25) is 4.90 Å². The number of rotatable bonds is 7. The monoisotopic (exact) mass is 242 g/mol. The average Bonchev–Trinajstić information content (AvgIpc) is 2.36. The topological polar surface area (TPSA) is 38.5 Å². The van der Waals surface area contributed by atoms with Crippen molar-refractivity contribution < 1.29 is 4.74 Å². The third kappa shape index (κ3) is 5.36. The van der Waals surface area contributed by atoms with Crippen molar-refractivity contribution in [2.45, 2.75) is 58.0 Å². The molecule has 0 aromatic carbocycles. The molecule has 0 saturated heterocycles. The van der Waals surface area contributed by atoms with Gasteiger partial charge in [0.25, 0.3) is 0 Å². The molecule has 102 valence electrons. The standard InChI is InChI=1S/C14H30N2O/c1-4-12(2)16(9-10-17-3)11-13-5-7-14(15)8-6-13/h12-14H,4-11,15H2,1-3H3. The fraction of sp³-hybridized carbons (Fsp3) is 1.00. The minimum Gasteiger partial charge on any atom is -0.383 e. The predicted octanol–water partition coefficient (Wildman–Crippen LogP) is 2.25. The van der Waals surface area contributed by atoms with E-state index in [0.29, 0.717) is 12.1 Å². The molecular formula is C14H30N2O. The van der Waals surface area contributed by atoms with Gasteiger partial charge in [0, 0.05) is 32.3 Å². The highest BCUT2D eigenvalue weighted by atomic mass is 16.5. The van der Waals surface area contributed by atoms with E-state index < -0.39 is 0 Å². The van der Waals surface area contributed by atoms with Gasteiger partial charge in [-0.2, -0.15) is 0 Å². The molecule has 3 nitrogen and oxygen atoms in total. The fourth-order valence-electron chi connectivity index (χ4n) is 2.66. The average molecular weight is 242 g/mol. The summed E-state index contributed by atoms with van der Waals surface area (Å²) < 4.78 is 5.21. The van der Waals surface area contributed by atoms with Crippen LogP contribution in [-0.4, -0.2) is 43.8 Å². The highest BCUT2D eigenvalue weighted by molar-refractivity contribution is 4.78. The number of methoxy groups -OCH3 is 1. The Bertz CT molecular complexity index is 191. The number of hydrogen-bond acceptors (Lipinski definition) is 3. The summed E-state index contributed by atoms with van der Waals surface area (Å²) in [6.45, 7) is 7.72. The van der Waals surface area contributed by atoms with Crippen LogP contribution >= 0.6 is 0 Å². The lowest BCUT2D eigenvalue weighted by Crippen LogP contribution is -2.40. The highest BCUT2D eigenvalue weighted by Gasteiger charge is 2.22. The highest BCUT2D eigenvalue weighted by Crippen LogP contribution is 2.24. The second-order valence-electron chi connectivity index (χ2n) is 5.53. The molecule has 3 heteroatoms. The van der Waals surface area contributed by atoms with Crippen LogP contribution in [0.2, 0.25) is 0 Å². The van der Waals surface area contributed by atoms with Gasteiger partial charge < -0.3 is 10.5 Å². The summed E-state index contributed by atoms with van der Waals surface area (Å²) in [7, 11) is 1.79. The lowest BCUT2D eigenvalue weighted by molar-refractivity contribution is 0.100. The van der Waals surface area contributed by atoms with E-state index in [4.69, 9.17) is 10.5 Å². The third-order valence-corrected chi connectivity index (χ3v) is 4.18. The zero-order valence-electron chi connectivity index (χ0n) is 11.8. The SMILES string of the molecule is CCC(C)N(CCOC)CC1CCC(N)CC1. The molecule has 0 aromatic rings. The Labute approximate surface area is 107 Å². The lowest BCUT2D eigenvalue weighted by atomic mass is 9.86. The molecule has 1 aliphatic carbocycles. The minimum atomic E-state index is 0.460. The van der Waals surface area contributed by atoms with E-state index >= 15 is 0 Å². The van der Waals surface area contributed by atoms with Gasteiger partial charge >= 0.3 is 0 Å². The number of ether oxygens (including phenoxy) is 1. The van der Waals surface area contributed by atoms with Gasteiger partial charge in [-0.15, -0.1) is 0 Å². The van der Waals surface area contributed by atoms with E-state index in [1.54, 1.807) is 7.11 Å². The van der Waals surface area contributed by atoms with Crippen molar-refractivity contribution in [3.8, 4) is 0 Å². The summed E-state index contributed by atoms with van der Waals surface area (Å²) in [6, 6.07) is 1.13. The lowest BCUT2D eigenvalue weighted by Gasteiger charge is -2.34. The van der Waals surface area contributed by atoms with Crippen LogP contribution in [0.5, 0.6) is 0 Å². The molecule has 0 amide bonds. The smallest absolute Gasteiger partial charge is 0.0589 e. The van der Waals surface area contributed by atoms with Crippen molar-refractivity contribution in [2.75, 3.05) is 26.8 Å². The zero-order chi connectivity index (χ0) is 12.7. The molecule has 0 aliphatic heterocycles. The zero-order valence-corrected chi connectivity index (χ0v) is 11.8. The van der Waals surface area contributed by atoms with Gasteiger partial charge in [-0.25, -0.2) is 0 Å². The Kier molecular flexibility index (Phi) is 7.09. The summed E-state index contributed by atoms with van der Waals surface area (Å²) in [5, 5.41) is 0. The molecule has 1 saturated carbocycles. The van der Waals surface area contributed by atoms with Crippen molar-refractivity contribution in [3.63, 3.8) is 0 Å². The summed E-state index contributed by atoms with van der Waals surface area (Å²) in [5.41, 5.74) is 5.96. The molecule has 0 bridgehead atoms. The van der Waals surface area contributed by atoms with Gasteiger partial charge in [-0.05, 0) is 44.9 Å². The van der Waals surface area contributed by atoms with Crippen LogP contribution < -0.4 is 5.73 Å². The molecule has 0 radical (unpaired) electrons. The molecule has 0 spiro atoms. The largest absolute Gasteiger partial charge is 0.383 e. The van der Waals surface area contributed by atoms with E-state index in [9.17, 15) is 0 Å². The Morgan fingerprint density at radius 1 is 1.29 bits per heavy atom. The van der Waals surface area contributed by atoms with Crippen molar-refractivity contribution >= 4 is 0 Å². The van der Waals surface area contributed by atoms with E-state index in [0.717, 1.165) is 19.1 Å². The molecule has 1 unspecified atom stereocenters. The molecule has 17 heavy (non-hydrogen) atoms.